The summed E-state index contributed by atoms with van der Waals surface area (Å²) < 4.78 is 24.7. The number of aliphatic hydroxyl groups is 1. The van der Waals surface area contributed by atoms with E-state index in [9.17, 15) is 18.4 Å². The number of hydrogen-bond donors (Lipinski definition) is 2. The van der Waals surface area contributed by atoms with Gasteiger partial charge in [0.1, 0.15) is 6.54 Å². The molecule has 0 spiro atoms. The number of amides is 2. The molecular formula is C11H20F2N2O4. The van der Waals surface area contributed by atoms with Crippen LogP contribution in [0.15, 0.2) is 0 Å². The quantitative estimate of drug-likeness (QED) is 0.687. The Hall–Kier alpha value is -1.44. The molecule has 0 unspecified atom stereocenters. The lowest BCUT2D eigenvalue weighted by atomic mass is 10.2. The summed E-state index contributed by atoms with van der Waals surface area (Å²) >= 11 is 0. The van der Waals surface area contributed by atoms with Gasteiger partial charge in [0.15, 0.2) is 0 Å². The molecule has 0 fully saturated rings. The molecule has 0 aromatic carbocycles. The van der Waals surface area contributed by atoms with Crippen LogP contribution in [0.25, 0.3) is 0 Å². The maximum Gasteiger partial charge on any atom is 0.323 e. The van der Waals surface area contributed by atoms with E-state index in [-0.39, 0.29) is 19.0 Å². The topological polar surface area (TPSA) is 81.1 Å². The number of aliphatic carboxylic acids is 1. The SMILES string of the molecule is CC(C)CN(CC(=O)O)C(=O)N(CCO)CC(F)F. The smallest absolute Gasteiger partial charge is 0.323 e. The number of hydrogen-bond acceptors (Lipinski definition) is 3. The van der Waals surface area contributed by atoms with E-state index in [0.29, 0.717) is 0 Å². The molecule has 0 aliphatic heterocycles. The summed E-state index contributed by atoms with van der Waals surface area (Å²) in [6.07, 6.45) is -2.73. The number of rotatable bonds is 8. The van der Waals surface area contributed by atoms with Crippen LogP contribution >= 0.6 is 0 Å². The molecule has 6 nitrogen and oxygen atoms in total. The zero-order valence-corrected chi connectivity index (χ0v) is 11.1. The van der Waals surface area contributed by atoms with Gasteiger partial charge in [0.25, 0.3) is 6.43 Å². The fourth-order valence-electron chi connectivity index (χ4n) is 1.57. The van der Waals surface area contributed by atoms with E-state index in [2.05, 4.69) is 0 Å². The Labute approximate surface area is 110 Å². The summed E-state index contributed by atoms with van der Waals surface area (Å²) in [6, 6.07) is -0.801. The Bertz CT molecular complexity index is 300. The second-order valence-electron chi connectivity index (χ2n) is 4.51. The number of carboxylic acids is 1. The van der Waals surface area contributed by atoms with Gasteiger partial charge < -0.3 is 20.0 Å². The lowest BCUT2D eigenvalue weighted by Crippen LogP contribution is -2.49. The molecule has 0 aliphatic carbocycles. The molecule has 0 saturated heterocycles. The van der Waals surface area contributed by atoms with Gasteiger partial charge in [0.2, 0.25) is 0 Å². The van der Waals surface area contributed by atoms with E-state index in [1.165, 1.54) is 0 Å². The third kappa shape index (κ3) is 7.55. The third-order valence-corrected chi connectivity index (χ3v) is 2.18. The van der Waals surface area contributed by atoms with E-state index in [0.717, 1.165) is 9.80 Å². The molecule has 0 aliphatic rings. The minimum Gasteiger partial charge on any atom is -0.480 e. The predicted octanol–water partition coefficient (Wildman–Crippen LogP) is 0.708. The number of alkyl halides is 2. The van der Waals surface area contributed by atoms with Gasteiger partial charge >= 0.3 is 12.0 Å². The molecule has 19 heavy (non-hydrogen) atoms. The van der Waals surface area contributed by atoms with E-state index >= 15 is 0 Å². The second-order valence-corrected chi connectivity index (χ2v) is 4.51. The fraction of sp³-hybridized carbons (Fsp3) is 0.818. The van der Waals surface area contributed by atoms with Crippen LogP contribution in [0.3, 0.4) is 0 Å². The van der Waals surface area contributed by atoms with Crippen molar-refractivity contribution in [3.63, 3.8) is 0 Å². The van der Waals surface area contributed by atoms with Crippen LogP contribution < -0.4 is 0 Å². The van der Waals surface area contributed by atoms with E-state index in [1.54, 1.807) is 13.8 Å². The number of carbonyl (C=O) groups is 2. The van der Waals surface area contributed by atoms with Crippen molar-refractivity contribution in [1.82, 2.24) is 9.80 Å². The first-order valence-electron chi connectivity index (χ1n) is 5.92. The maximum absolute atomic E-state index is 12.3. The largest absolute Gasteiger partial charge is 0.480 e. The first-order chi connectivity index (χ1) is 8.77. The van der Waals surface area contributed by atoms with Crippen LogP contribution in [0.2, 0.25) is 0 Å². The van der Waals surface area contributed by atoms with Crippen molar-refractivity contribution in [2.75, 3.05) is 32.8 Å². The third-order valence-electron chi connectivity index (χ3n) is 2.18. The summed E-state index contributed by atoms with van der Waals surface area (Å²) in [6.45, 7) is 1.63. The van der Waals surface area contributed by atoms with Crippen molar-refractivity contribution in [3.8, 4) is 0 Å². The van der Waals surface area contributed by atoms with Crippen molar-refractivity contribution in [2.45, 2.75) is 20.3 Å². The van der Waals surface area contributed by atoms with Gasteiger partial charge in [-0.15, -0.1) is 0 Å². The Kier molecular flexibility index (Phi) is 7.97. The van der Waals surface area contributed by atoms with Crippen molar-refractivity contribution in [2.24, 2.45) is 5.92 Å². The standard InChI is InChI=1S/C11H20F2N2O4/c1-8(2)5-15(7-10(17)18)11(19)14(3-4-16)6-9(12)13/h8-9,16H,3-7H2,1-2H3,(H,17,18). The first-order valence-corrected chi connectivity index (χ1v) is 5.92. The van der Waals surface area contributed by atoms with Gasteiger partial charge in [-0.2, -0.15) is 0 Å². The van der Waals surface area contributed by atoms with E-state index < -0.39 is 38.1 Å². The highest BCUT2D eigenvalue weighted by atomic mass is 19.3. The van der Waals surface area contributed by atoms with Crippen LogP contribution in [0, 0.1) is 5.92 Å². The molecule has 0 rings (SSSR count). The van der Waals surface area contributed by atoms with Gasteiger partial charge in [-0.1, -0.05) is 13.8 Å². The molecule has 0 saturated carbocycles. The molecule has 2 amide bonds. The minimum atomic E-state index is -2.73. The lowest BCUT2D eigenvalue weighted by Gasteiger charge is -2.30. The van der Waals surface area contributed by atoms with Crippen LogP contribution in [0.5, 0.6) is 0 Å². The van der Waals surface area contributed by atoms with Gasteiger partial charge in [0.05, 0.1) is 13.2 Å². The lowest BCUT2D eigenvalue weighted by molar-refractivity contribution is -0.137. The number of aliphatic hydroxyl groups excluding tert-OH is 1. The Morgan fingerprint density at radius 3 is 2.11 bits per heavy atom. The molecule has 0 radical (unpaired) electrons. The molecule has 0 heterocycles. The fourth-order valence-corrected chi connectivity index (χ4v) is 1.57. The molecule has 112 valence electrons. The average Bonchev–Trinajstić information content (AvgIpc) is 2.24. The van der Waals surface area contributed by atoms with Gasteiger partial charge in [-0.3, -0.25) is 4.79 Å². The first kappa shape index (κ1) is 17.6. The van der Waals surface area contributed by atoms with Crippen LogP contribution in [-0.2, 0) is 4.79 Å². The molecule has 0 aromatic rings. The molecule has 2 N–H and O–H groups in total. The van der Waals surface area contributed by atoms with Crippen LogP contribution in [-0.4, -0.2) is 71.2 Å². The molecular weight excluding hydrogens is 262 g/mol. The van der Waals surface area contributed by atoms with E-state index in [4.69, 9.17) is 10.2 Å². The number of nitrogens with zero attached hydrogens (tertiary/aromatic N) is 2. The number of carboxylic acid groups (broad SMARTS) is 1. The van der Waals surface area contributed by atoms with E-state index in [1.807, 2.05) is 0 Å². The summed E-state index contributed by atoms with van der Waals surface area (Å²) in [7, 11) is 0. The summed E-state index contributed by atoms with van der Waals surface area (Å²) in [5.41, 5.74) is 0. The van der Waals surface area contributed by atoms with Crippen molar-refractivity contribution in [3.05, 3.63) is 0 Å². The number of carbonyl (C=O) groups excluding carboxylic acids is 1. The zero-order chi connectivity index (χ0) is 15.0. The van der Waals surface area contributed by atoms with Crippen LogP contribution in [0.4, 0.5) is 13.6 Å². The number of halogens is 2. The van der Waals surface area contributed by atoms with Gasteiger partial charge in [-0.25, -0.2) is 13.6 Å². The Balaban J connectivity index is 4.83. The molecule has 0 atom stereocenters. The van der Waals surface area contributed by atoms with Crippen molar-refractivity contribution in [1.29, 1.82) is 0 Å². The van der Waals surface area contributed by atoms with Crippen molar-refractivity contribution >= 4 is 12.0 Å². The average molecular weight is 282 g/mol. The van der Waals surface area contributed by atoms with Gasteiger partial charge in [-0.05, 0) is 5.92 Å². The van der Waals surface area contributed by atoms with Gasteiger partial charge in [0, 0.05) is 13.1 Å². The number of urea groups is 1. The summed E-state index contributed by atoms with van der Waals surface area (Å²) in [5, 5.41) is 17.5. The molecule has 0 bridgehead atoms. The van der Waals surface area contributed by atoms with Crippen LogP contribution in [0.1, 0.15) is 13.8 Å². The predicted molar refractivity (Wildman–Crippen MR) is 64.1 cm³/mol. The Morgan fingerprint density at radius 1 is 1.16 bits per heavy atom. The highest BCUT2D eigenvalue weighted by Crippen LogP contribution is 2.06. The normalized spacial score (nSPS) is 10.9. The molecule has 0 aromatic heterocycles. The van der Waals surface area contributed by atoms with Crippen molar-refractivity contribution < 1.29 is 28.6 Å². The highest BCUT2D eigenvalue weighted by molar-refractivity contribution is 5.80. The summed E-state index contributed by atoms with van der Waals surface area (Å²) in [5.74, 6) is -1.21. The second kappa shape index (κ2) is 8.63. The Morgan fingerprint density at radius 2 is 1.74 bits per heavy atom. The zero-order valence-electron chi connectivity index (χ0n) is 11.1. The monoisotopic (exact) mass is 282 g/mol. The highest BCUT2D eigenvalue weighted by Gasteiger charge is 2.25. The molecule has 8 heteroatoms. The maximum atomic E-state index is 12.3. The minimum absolute atomic E-state index is 0.00539. The summed E-state index contributed by atoms with van der Waals surface area (Å²) in [4.78, 5) is 24.4.